The molecular weight excluding hydrogens is 401 g/mol. The Morgan fingerprint density at radius 2 is 1.93 bits per heavy atom. The number of hydrogen-bond acceptors (Lipinski definition) is 6. The molecule has 0 atom stereocenters. The van der Waals surface area contributed by atoms with Gasteiger partial charge in [-0.25, -0.2) is 9.67 Å². The molecule has 1 fully saturated rings. The molecule has 1 aliphatic heterocycles. The summed E-state index contributed by atoms with van der Waals surface area (Å²) < 4.78 is 36.9. The van der Waals surface area contributed by atoms with E-state index in [2.05, 4.69) is 10.1 Å². The Kier molecular flexibility index (Phi) is 8.30. The number of aldehydes is 1. The van der Waals surface area contributed by atoms with Gasteiger partial charge in [0.25, 0.3) is 5.91 Å². The van der Waals surface area contributed by atoms with Crippen LogP contribution in [-0.4, -0.2) is 84.1 Å². The van der Waals surface area contributed by atoms with Gasteiger partial charge in [-0.05, 0) is 33.2 Å². The zero-order valence-electron chi connectivity index (χ0n) is 17.2. The van der Waals surface area contributed by atoms with Crippen LogP contribution in [0.1, 0.15) is 40.1 Å². The van der Waals surface area contributed by atoms with E-state index in [0.717, 1.165) is 25.9 Å². The molecule has 1 aliphatic carbocycles. The molecule has 1 aromatic rings. The van der Waals surface area contributed by atoms with Crippen molar-refractivity contribution in [3.63, 3.8) is 0 Å². The van der Waals surface area contributed by atoms with Crippen LogP contribution in [0.4, 0.5) is 13.2 Å². The second kappa shape index (κ2) is 10.5. The topological polar surface area (TPSA) is 96.8 Å². The minimum absolute atomic E-state index is 0.223. The molecule has 30 heavy (non-hydrogen) atoms. The molecule has 0 unspecified atom stereocenters. The third kappa shape index (κ3) is 6.49. The number of likely N-dealkylation sites (N-methyl/N-ethyl adjacent to an activating group) is 1. The van der Waals surface area contributed by atoms with E-state index in [1.165, 1.54) is 22.1 Å². The van der Waals surface area contributed by atoms with Gasteiger partial charge in [-0.1, -0.05) is 0 Å². The van der Waals surface area contributed by atoms with Crippen LogP contribution in [0.5, 0.6) is 0 Å². The predicted octanol–water partition coefficient (Wildman–Crippen LogP) is 1.87. The van der Waals surface area contributed by atoms with Gasteiger partial charge in [0.05, 0.1) is 36.0 Å². The predicted molar refractivity (Wildman–Crippen MR) is 107 cm³/mol. The quantitative estimate of drug-likeness (QED) is 0.447. The summed E-state index contributed by atoms with van der Waals surface area (Å²) >= 11 is 0. The van der Waals surface area contributed by atoms with Crippen molar-refractivity contribution in [3.8, 4) is 0 Å². The van der Waals surface area contributed by atoms with Crippen molar-refractivity contribution in [1.29, 1.82) is 0 Å². The maximum absolute atomic E-state index is 12.3. The van der Waals surface area contributed by atoms with Crippen LogP contribution in [0.3, 0.4) is 0 Å². The van der Waals surface area contributed by atoms with Crippen LogP contribution in [-0.2, 0) is 0 Å². The van der Waals surface area contributed by atoms with Gasteiger partial charge in [0.1, 0.15) is 0 Å². The number of aromatic nitrogens is 2. The normalized spacial score (nSPS) is 18.6. The first kappa shape index (κ1) is 23.7. The van der Waals surface area contributed by atoms with E-state index in [0.29, 0.717) is 48.3 Å². The van der Waals surface area contributed by atoms with E-state index >= 15 is 0 Å². The summed E-state index contributed by atoms with van der Waals surface area (Å²) in [5, 5.41) is 3.94. The van der Waals surface area contributed by atoms with Crippen molar-refractivity contribution in [2.24, 2.45) is 10.7 Å². The monoisotopic (exact) mass is 428 g/mol. The lowest BCUT2D eigenvalue weighted by Crippen LogP contribution is -2.47. The fourth-order valence-corrected chi connectivity index (χ4v) is 3.32. The number of nitrogens with two attached hydrogens (primary N) is 1. The highest BCUT2D eigenvalue weighted by Gasteiger charge is 2.31. The zero-order chi connectivity index (χ0) is 22.3. The van der Waals surface area contributed by atoms with Gasteiger partial charge < -0.3 is 10.6 Å². The van der Waals surface area contributed by atoms with Crippen LogP contribution < -0.4 is 5.73 Å². The van der Waals surface area contributed by atoms with E-state index in [1.807, 2.05) is 11.9 Å². The van der Waals surface area contributed by atoms with Gasteiger partial charge in [-0.2, -0.15) is 18.3 Å². The Hall–Kier alpha value is -2.53. The van der Waals surface area contributed by atoms with Crippen molar-refractivity contribution in [1.82, 2.24) is 19.6 Å². The highest BCUT2D eigenvalue weighted by atomic mass is 19.4. The van der Waals surface area contributed by atoms with Crippen LogP contribution in [0, 0.1) is 6.92 Å². The largest absolute Gasteiger partial charge is 0.401 e. The van der Waals surface area contributed by atoms with Crippen molar-refractivity contribution in [2.45, 2.75) is 32.4 Å². The van der Waals surface area contributed by atoms with E-state index < -0.39 is 12.7 Å². The molecule has 1 aromatic heterocycles. The van der Waals surface area contributed by atoms with Crippen LogP contribution in [0.25, 0.3) is 0 Å². The SMILES string of the molecule is CN1CCN(CC(F)(F)F)CC1.Cc1c(C=O)cnn1C(=O)C1=C(N=CN)CCC1. The maximum atomic E-state index is 12.3. The summed E-state index contributed by atoms with van der Waals surface area (Å²) in [6.45, 7) is 3.44. The third-order valence-electron chi connectivity index (χ3n) is 5.04. The summed E-state index contributed by atoms with van der Waals surface area (Å²) in [6.07, 6.45) is 1.53. The fourth-order valence-electron chi connectivity index (χ4n) is 3.32. The van der Waals surface area contributed by atoms with E-state index in [4.69, 9.17) is 5.73 Å². The van der Waals surface area contributed by atoms with Gasteiger partial charge in [0.2, 0.25) is 0 Å². The number of nitrogens with zero attached hydrogens (tertiary/aromatic N) is 5. The molecule has 11 heteroatoms. The van der Waals surface area contributed by atoms with Crippen LogP contribution >= 0.6 is 0 Å². The second-order valence-electron chi connectivity index (χ2n) is 7.27. The fraction of sp³-hybridized carbons (Fsp3) is 0.579. The van der Waals surface area contributed by atoms with Gasteiger partial charge >= 0.3 is 6.18 Å². The van der Waals surface area contributed by atoms with Gasteiger partial charge in [0.15, 0.2) is 6.29 Å². The van der Waals surface area contributed by atoms with E-state index in [-0.39, 0.29) is 5.91 Å². The standard InChI is InChI=1S/C12H14N4O2.C7H13F3N2/c1-8-9(6-17)5-15-16(8)12(18)10-3-2-4-11(10)14-7-13;1-11-2-4-12(5-3-11)6-7(8,9)10/h5-7H,2-4H2,1H3,(H2,13,14);2-6H2,1H3. The lowest BCUT2D eigenvalue weighted by Gasteiger charge is -2.32. The summed E-state index contributed by atoms with van der Waals surface area (Å²) in [4.78, 5) is 30.5. The maximum Gasteiger partial charge on any atom is 0.401 e. The Bertz CT molecular complexity index is 808. The molecule has 0 aromatic carbocycles. The molecule has 3 rings (SSSR count). The molecule has 166 valence electrons. The molecule has 0 spiro atoms. The number of carbonyl (C=O) groups is 2. The minimum atomic E-state index is -4.05. The number of rotatable bonds is 4. The Labute approximate surface area is 173 Å². The molecule has 0 saturated carbocycles. The number of carbonyl (C=O) groups excluding carboxylic acids is 2. The average Bonchev–Trinajstić information content (AvgIpc) is 3.29. The first-order valence-electron chi connectivity index (χ1n) is 9.64. The first-order chi connectivity index (χ1) is 14.2. The lowest BCUT2D eigenvalue weighted by atomic mass is 10.2. The number of halogens is 3. The van der Waals surface area contributed by atoms with Gasteiger partial charge in [-0.15, -0.1) is 0 Å². The van der Waals surface area contributed by atoms with E-state index in [9.17, 15) is 22.8 Å². The van der Waals surface area contributed by atoms with Crippen molar-refractivity contribution in [3.05, 3.63) is 28.7 Å². The number of aliphatic imine (C=N–C) groups is 1. The van der Waals surface area contributed by atoms with Crippen molar-refractivity contribution >= 4 is 18.5 Å². The molecule has 2 aliphatic rings. The first-order valence-corrected chi connectivity index (χ1v) is 9.64. The number of hydrogen-bond donors (Lipinski definition) is 1. The Morgan fingerprint density at radius 3 is 2.47 bits per heavy atom. The Morgan fingerprint density at radius 1 is 1.27 bits per heavy atom. The summed E-state index contributed by atoms with van der Waals surface area (Å²) in [6, 6.07) is 0. The molecule has 2 heterocycles. The smallest absolute Gasteiger partial charge is 0.390 e. The molecule has 0 radical (unpaired) electrons. The third-order valence-corrected chi connectivity index (χ3v) is 5.04. The van der Waals surface area contributed by atoms with Crippen LogP contribution in [0.2, 0.25) is 0 Å². The summed E-state index contributed by atoms with van der Waals surface area (Å²) in [5.74, 6) is -0.223. The van der Waals surface area contributed by atoms with Crippen LogP contribution in [0.15, 0.2) is 22.5 Å². The highest BCUT2D eigenvalue weighted by Crippen LogP contribution is 2.28. The minimum Gasteiger partial charge on any atom is -0.390 e. The summed E-state index contributed by atoms with van der Waals surface area (Å²) in [7, 11) is 1.92. The molecular formula is C19H27F3N6O2. The molecule has 0 bridgehead atoms. The second-order valence-corrected chi connectivity index (χ2v) is 7.27. The lowest BCUT2D eigenvalue weighted by molar-refractivity contribution is -0.148. The Balaban J connectivity index is 0.000000232. The van der Waals surface area contributed by atoms with Crippen molar-refractivity contribution in [2.75, 3.05) is 39.8 Å². The molecule has 1 saturated heterocycles. The highest BCUT2D eigenvalue weighted by molar-refractivity contribution is 5.97. The van der Waals surface area contributed by atoms with E-state index in [1.54, 1.807) is 6.92 Å². The molecule has 0 amide bonds. The van der Waals surface area contributed by atoms with Gasteiger partial charge in [-0.3, -0.25) is 14.5 Å². The average molecular weight is 428 g/mol. The molecule has 2 N–H and O–H groups in total. The molecule has 8 nitrogen and oxygen atoms in total. The van der Waals surface area contributed by atoms with Gasteiger partial charge in [0, 0.05) is 31.8 Å². The van der Waals surface area contributed by atoms with Crippen molar-refractivity contribution < 1.29 is 22.8 Å². The number of piperazine rings is 1. The zero-order valence-corrected chi connectivity index (χ0v) is 17.2. The number of alkyl halides is 3. The summed E-state index contributed by atoms with van der Waals surface area (Å²) in [5.41, 5.74) is 7.57. The number of allylic oxidation sites excluding steroid dienone is 2.